The minimum Gasteiger partial charge on any atom is -0.516 e. The number of aliphatic hydroxyl groups excluding tert-OH is 1. The van der Waals surface area contributed by atoms with Crippen LogP contribution in [0.15, 0.2) is 29.3 Å². The first kappa shape index (κ1) is 20.2. The second kappa shape index (κ2) is 8.22. The van der Waals surface area contributed by atoms with Gasteiger partial charge in [-0.1, -0.05) is 19.4 Å². The molecule has 3 aromatic rings. The number of methoxy groups -OCH3 is 2. The SMILES string of the molecule is CCCCn1c(=O)c2c(C(=O)OC)[nH]c(C(=O)OC)c2c2cc(C=CO)ccc21. The van der Waals surface area contributed by atoms with Crippen LogP contribution in [0.1, 0.15) is 46.3 Å². The number of carbonyl (C=O) groups is 2. The number of H-pyrrole nitrogens is 1. The fraction of sp³-hybridized carbons (Fsp3) is 0.286. The summed E-state index contributed by atoms with van der Waals surface area (Å²) in [5.41, 5.74) is 0.796. The normalized spacial score (nSPS) is 11.4. The number of nitrogens with one attached hydrogen (secondary N) is 1. The standard InChI is InChI=1S/C21H22N2O6/c1-4-5-9-23-14-7-6-12(8-10-24)11-13(14)15-16(19(23)25)18(21(27)29-3)22-17(15)20(26)28-2/h6-8,10-11,22,24H,4-5,9H2,1-3H3. The maximum Gasteiger partial charge on any atom is 0.355 e. The monoisotopic (exact) mass is 398 g/mol. The lowest BCUT2D eigenvalue weighted by molar-refractivity contribution is 0.0592. The second-order valence-corrected chi connectivity index (χ2v) is 6.51. The molecular weight excluding hydrogens is 376 g/mol. The highest BCUT2D eigenvalue weighted by Crippen LogP contribution is 2.30. The molecule has 0 spiro atoms. The highest BCUT2D eigenvalue weighted by atomic mass is 16.5. The van der Waals surface area contributed by atoms with Gasteiger partial charge in [0.2, 0.25) is 0 Å². The number of aryl methyl sites for hydroxylation is 1. The predicted octanol–water partition coefficient (Wildman–Crippen LogP) is 3.38. The summed E-state index contributed by atoms with van der Waals surface area (Å²) in [5.74, 6) is -1.46. The lowest BCUT2D eigenvalue weighted by atomic mass is 10.0. The van der Waals surface area contributed by atoms with Gasteiger partial charge in [0.1, 0.15) is 11.4 Å². The zero-order chi connectivity index (χ0) is 21.1. The smallest absolute Gasteiger partial charge is 0.355 e. The Morgan fingerprint density at radius 2 is 1.79 bits per heavy atom. The molecule has 0 bridgehead atoms. The van der Waals surface area contributed by atoms with E-state index in [9.17, 15) is 14.4 Å². The molecule has 2 heterocycles. The molecule has 2 aromatic heterocycles. The molecule has 1 aromatic carbocycles. The molecule has 152 valence electrons. The quantitative estimate of drug-likeness (QED) is 0.486. The number of aromatic nitrogens is 2. The number of carbonyl (C=O) groups excluding carboxylic acids is 2. The first-order chi connectivity index (χ1) is 14.0. The minimum absolute atomic E-state index is 0.00207. The summed E-state index contributed by atoms with van der Waals surface area (Å²) in [6, 6.07) is 5.26. The van der Waals surface area contributed by atoms with Crippen molar-refractivity contribution in [2.24, 2.45) is 0 Å². The van der Waals surface area contributed by atoms with Gasteiger partial charge in [0.05, 0.1) is 31.4 Å². The first-order valence-electron chi connectivity index (χ1n) is 9.18. The Morgan fingerprint density at radius 1 is 1.14 bits per heavy atom. The van der Waals surface area contributed by atoms with E-state index in [-0.39, 0.29) is 22.2 Å². The van der Waals surface area contributed by atoms with Gasteiger partial charge in [0.15, 0.2) is 0 Å². The van der Waals surface area contributed by atoms with E-state index in [1.54, 1.807) is 22.8 Å². The Hall–Kier alpha value is -3.55. The summed E-state index contributed by atoms with van der Waals surface area (Å²) in [5, 5.41) is 10.1. The summed E-state index contributed by atoms with van der Waals surface area (Å²) >= 11 is 0. The predicted molar refractivity (Wildman–Crippen MR) is 109 cm³/mol. The van der Waals surface area contributed by atoms with Gasteiger partial charge in [-0.15, -0.1) is 0 Å². The van der Waals surface area contributed by atoms with Crippen molar-refractivity contribution in [3.05, 3.63) is 51.8 Å². The highest BCUT2D eigenvalue weighted by molar-refractivity contribution is 6.20. The van der Waals surface area contributed by atoms with Gasteiger partial charge in [-0.2, -0.15) is 0 Å². The van der Waals surface area contributed by atoms with Crippen molar-refractivity contribution in [3.63, 3.8) is 0 Å². The van der Waals surface area contributed by atoms with Crippen molar-refractivity contribution in [3.8, 4) is 0 Å². The van der Waals surface area contributed by atoms with Gasteiger partial charge in [0.25, 0.3) is 5.56 Å². The van der Waals surface area contributed by atoms with E-state index < -0.39 is 17.5 Å². The molecule has 29 heavy (non-hydrogen) atoms. The molecule has 0 atom stereocenters. The number of nitrogens with zero attached hydrogens (tertiary/aromatic N) is 1. The summed E-state index contributed by atoms with van der Waals surface area (Å²) in [6.45, 7) is 2.47. The van der Waals surface area contributed by atoms with Gasteiger partial charge in [-0.3, -0.25) is 4.79 Å². The first-order valence-corrected chi connectivity index (χ1v) is 9.18. The molecule has 2 N–H and O–H groups in total. The van der Waals surface area contributed by atoms with Crippen molar-refractivity contribution < 1.29 is 24.2 Å². The number of benzene rings is 1. The lowest BCUT2D eigenvalue weighted by Crippen LogP contribution is -2.22. The highest BCUT2D eigenvalue weighted by Gasteiger charge is 2.27. The van der Waals surface area contributed by atoms with Gasteiger partial charge in [-0.25, -0.2) is 9.59 Å². The third-order valence-corrected chi connectivity index (χ3v) is 4.82. The average Bonchev–Trinajstić information content (AvgIpc) is 3.14. The Kier molecular flexibility index (Phi) is 5.72. The minimum atomic E-state index is -0.755. The number of esters is 2. The van der Waals surface area contributed by atoms with Crippen LogP contribution in [0, 0.1) is 0 Å². The third kappa shape index (κ3) is 3.37. The number of fused-ring (bicyclic) bond motifs is 3. The number of aromatic amines is 1. The average molecular weight is 398 g/mol. The van der Waals surface area contributed by atoms with Crippen LogP contribution in [-0.4, -0.2) is 40.8 Å². The Bertz CT molecular complexity index is 1190. The van der Waals surface area contributed by atoms with Crippen molar-refractivity contribution in [1.29, 1.82) is 0 Å². The molecule has 0 unspecified atom stereocenters. The fourth-order valence-electron chi connectivity index (χ4n) is 3.46. The van der Waals surface area contributed by atoms with Crippen molar-refractivity contribution >= 4 is 39.7 Å². The number of aliphatic hydroxyl groups is 1. The fourth-order valence-corrected chi connectivity index (χ4v) is 3.46. The van der Waals surface area contributed by atoms with E-state index >= 15 is 0 Å². The van der Waals surface area contributed by atoms with Crippen molar-refractivity contribution in [2.75, 3.05) is 14.2 Å². The van der Waals surface area contributed by atoms with Crippen LogP contribution in [0.4, 0.5) is 0 Å². The van der Waals surface area contributed by atoms with E-state index in [0.29, 0.717) is 23.0 Å². The van der Waals surface area contributed by atoms with Crippen LogP contribution in [-0.2, 0) is 16.0 Å². The molecule has 3 rings (SSSR count). The van der Waals surface area contributed by atoms with E-state index in [0.717, 1.165) is 19.1 Å². The van der Waals surface area contributed by atoms with Gasteiger partial charge < -0.3 is 24.1 Å². The molecule has 0 aliphatic carbocycles. The Morgan fingerprint density at radius 3 is 2.38 bits per heavy atom. The number of rotatable bonds is 6. The largest absolute Gasteiger partial charge is 0.516 e. The van der Waals surface area contributed by atoms with Crippen LogP contribution < -0.4 is 5.56 Å². The Balaban J connectivity index is 2.56. The van der Waals surface area contributed by atoms with Crippen LogP contribution in [0.2, 0.25) is 0 Å². The third-order valence-electron chi connectivity index (χ3n) is 4.82. The molecule has 0 aliphatic heterocycles. The van der Waals surface area contributed by atoms with Gasteiger partial charge in [-0.05, 0) is 30.2 Å². The van der Waals surface area contributed by atoms with Gasteiger partial charge >= 0.3 is 11.9 Å². The van der Waals surface area contributed by atoms with E-state index in [1.807, 2.05) is 6.92 Å². The Labute approximate surface area is 166 Å². The maximum atomic E-state index is 13.4. The zero-order valence-electron chi connectivity index (χ0n) is 16.4. The summed E-state index contributed by atoms with van der Waals surface area (Å²) in [6.07, 6.45) is 4.03. The van der Waals surface area contributed by atoms with E-state index in [4.69, 9.17) is 14.6 Å². The summed E-state index contributed by atoms with van der Waals surface area (Å²) in [7, 11) is 2.42. The molecule has 0 saturated heterocycles. The van der Waals surface area contributed by atoms with Crippen LogP contribution in [0.5, 0.6) is 0 Å². The summed E-state index contributed by atoms with van der Waals surface area (Å²) in [4.78, 5) is 40.8. The number of pyridine rings is 1. The van der Waals surface area contributed by atoms with Crippen LogP contribution >= 0.6 is 0 Å². The van der Waals surface area contributed by atoms with Gasteiger partial charge in [0, 0.05) is 17.3 Å². The molecule has 0 saturated carbocycles. The molecule has 0 amide bonds. The number of hydrogen-bond acceptors (Lipinski definition) is 6. The zero-order valence-corrected chi connectivity index (χ0v) is 16.4. The van der Waals surface area contributed by atoms with E-state index in [2.05, 4.69) is 4.98 Å². The molecule has 0 fully saturated rings. The molecule has 0 aliphatic rings. The maximum absolute atomic E-state index is 13.4. The molecule has 8 heteroatoms. The van der Waals surface area contributed by atoms with Crippen LogP contribution in [0.3, 0.4) is 0 Å². The lowest BCUT2D eigenvalue weighted by Gasteiger charge is -2.13. The second-order valence-electron chi connectivity index (χ2n) is 6.51. The number of ether oxygens (including phenoxy) is 2. The van der Waals surface area contributed by atoms with Crippen molar-refractivity contribution in [1.82, 2.24) is 9.55 Å². The number of hydrogen-bond donors (Lipinski definition) is 2. The van der Waals surface area contributed by atoms with Crippen LogP contribution in [0.25, 0.3) is 27.8 Å². The molecule has 8 nitrogen and oxygen atoms in total. The molecular formula is C21H22N2O6. The summed E-state index contributed by atoms with van der Waals surface area (Å²) < 4.78 is 11.2. The van der Waals surface area contributed by atoms with E-state index in [1.165, 1.54) is 20.3 Å². The number of unbranched alkanes of at least 4 members (excludes halogenated alkanes) is 1. The topological polar surface area (TPSA) is 111 Å². The molecule has 0 radical (unpaired) electrons. The van der Waals surface area contributed by atoms with Crippen molar-refractivity contribution in [2.45, 2.75) is 26.3 Å².